The fraction of sp³-hybridized carbons (Fsp3) is 0.353. The summed E-state index contributed by atoms with van der Waals surface area (Å²) in [4.78, 5) is 15.1. The lowest BCUT2D eigenvalue weighted by atomic mass is 9.97. The summed E-state index contributed by atoms with van der Waals surface area (Å²) in [7, 11) is 0. The number of aryl methyl sites for hydroxylation is 2. The van der Waals surface area contributed by atoms with E-state index in [1.54, 1.807) is 11.3 Å². The molecule has 2 N–H and O–H groups in total. The van der Waals surface area contributed by atoms with Gasteiger partial charge in [-0.05, 0) is 43.4 Å². The molecule has 26 heavy (non-hydrogen) atoms. The second-order valence-corrected chi connectivity index (χ2v) is 8.17. The number of nitrogen functional groups attached to an aromatic ring is 1. The van der Waals surface area contributed by atoms with Crippen LogP contribution in [0.3, 0.4) is 0 Å². The molecule has 0 radical (unpaired) electrons. The van der Waals surface area contributed by atoms with Gasteiger partial charge in [0.25, 0.3) is 0 Å². The van der Waals surface area contributed by atoms with Crippen molar-refractivity contribution in [1.29, 1.82) is 0 Å². The van der Waals surface area contributed by atoms with Crippen LogP contribution in [0.5, 0.6) is 0 Å². The lowest BCUT2D eigenvalue weighted by Gasteiger charge is -2.10. The molecule has 0 spiro atoms. The molecule has 4 rings (SSSR count). The maximum absolute atomic E-state index is 12.6. The standard InChI is InChI=1S/C17H15F3N4S2/c18-17(19,20)9-5-6-13(22-7-9)25-8-12-23-15(21)14-10-3-1-2-4-11(10)26-16(14)24-12/h5-7H,1-4,8H2,(H2,21,23,24). The second kappa shape index (κ2) is 6.70. The Balaban J connectivity index is 1.54. The number of nitrogens with two attached hydrogens (primary N) is 1. The van der Waals surface area contributed by atoms with Crippen LogP contribution >= 0.6 is 23.1 Å². The number of thioether (sulfide) groups is 1. The third-order valence-corrected chi connectivity index (χ3v) is 6.43. The average molecular weight is 396 g/mol. The van der Waals surface area contributed by atoms with Gasteiger partial charge in [-0.3, -0.25) is 0 Å². The maximum atomic E-state index is 12.6. The average Bonchev–Trinajstić information content (AvgIpc) is 2.98. The van der Waals surface area contributed by atoms with Crippen LogP contribution < -0.4 is 5.73 Å². The van der Waals surface area contributed by atoms with Gasteiger partial charge in [0, 0.05) is 11.1 Å². The number of nitrogens with zero attached hydrogens (tertiary/aromatic N) is 3. The monoisotopic (exact) mass is 396 g/mol. The number of hydrogen-bond acceptors (Lipinski definition) is 6. The molecule has 136 valence electrons. The first-order chi connectivity index (χ1) is 12.4. The van der Waals surface area contributed by atoms with Crippen LogP contribution in [0.2, 0.25) is 0 Å². The molecular formula is C17H15F3N4S2. The number of aromatic nitrogens is 3. The Hall–Kier alpha value is -1.87. The third-order valence-electron chi connectivity index (χ3n) is 4.30. The van der Waals surface area contributed by atoms with Crippen molar-refractivity contribution in [2.75, 3.05) is 5.73 Å². The van der Waals surface area contributed by atoms with Crippen LogP contribution in [0.25, 0.3) is 10.2 Å². The van der Waals surface area contributed by atoms with Crippen molar-refractivity contribution in [3.63, 3.8) is 0 Å². The minimum absolute atomic E-state index is 0.404. The number of halogens is 3. The van der Waals surface area contributed by atoms with Crippen LogP contribution in [0, 0.1) is 0 Å². The van der Waals surface area contributed by atoms with E-state index in [0.29, 0.717) is 22.4 Å². The van der Waals surface area contributed by atoms with E-state index in [2.05, 4.69) is 15.0 Å². The highest BCUT2D eigenvalue weighted by atomic mass is 32.2. The summed E-state index contributed by atoms with van der Waals surface area (Å²) in [5.74, 6) is 1.46. The zero-order valence-corrected chi connectivity index (χ0v) is 15.3. The van der Waals surface area contributed by atoms with E-state index in [9.17, 15) is 13.2 Å². The summed E-state index contributed by atoms with van der Waals surface area (Å²) < 4.78 is 37.7. The molecule has 0 saturated heterocycles. The molecule has 4 nitrogen and oxygen atoms in total. The molecule has 1 aliphatic carbocycles. The Kier molecular flexibility index (Phi) is 4.52. The van der Waals surface area contributed by atoms with Crippen LogP contribution in [0.15, 0.2) is 23.4 Å². The van der Waals surface area contributed by atoms with Gasteiger partial charge < -0.3 is 5.73 Å². The largest absolute Gasteiger partial charge is 0.417 e. The van der Waals surface area contributed by atoms with Crippen LogP contribution in [-0.4, -0.2) is 15.0 Å². The molecule has 0 aromatic carbocycles. The Bertz CT molecular complexity index is 951. The lowest BCUT2D eigenvalue weighted by Crippen LogP contribution is -2.05. The molecule has 0 aliphatic heterocycles. The summed E-state index contributed by atoms with van der Waals surface area (Å²) in [5, 5.41) is 1.47. The van der Waals surface area contributed by atoms with Gasteiger partial charge in [-0.2, -0.15) is 13.2 Å². The Morgan fingerprint density at radius 3 is 2.69 bits per heavy atom. The number of anilines is 1. The van der Waals surface area contributed by atoms with Crippen LogP contribution in [0.1, 0.15) is 34.7 Å². The predicted octanol–water partition coefficient (Wildman–Crippen LogP) is 4.86. The molecule has 9 heteroatoms. The Morgan fingerprint density at radius 1 is 1.15 bits per heavy atom. The smallest absolute Gasteiger partial charge is 0.383 e. The van der Waals surface area contributed by atoms with E-state index >= 15 is 0 Å². The summed E-state index contributed by atoms with van der Waals surface area (Å²) >= 11 is 2.96. The SMILES string of the molecule is Nc1nc(CSc2ccc(C(F)(F)F)cn2)nc2sc3c(c12)CCCC3. The van der Waals surface area contributed by atoms with E-state index in [4.69, 9.17) is 5.73 Å². The molecule has 0 bridgehead atoms. The highest BCUT2D eigenvalue weighted by Crippen LogP contribution is 2.38. The van der Waals surface area contributed by atoms with Gasteiger partial charge in [-0.25, -0.2) is 15.0 Å². The van der Waals surface area contributed by atoms with Crippen molar-refractivity contribution in [3.8, 4) is 0 Å². The van der Waals surface area contributed by atoms with Crippen molar-refractivity contribution in [2.24, 2.45) is 0 Å². The number of pyridine rings is 1. The Morgan fingerprint density at radius 2 is 1.96 bits per heavy atom. The van der Waals surface area contributed by atoms with Crippen molar-refractivity contribution in [3.05, 3.63) is 40.2 Å². The van der Waals surface area contributed by atoms with Gasteiger partial charge in [-0.1, -0.05) is 11.8 Å². The highest BCUT2D eigenvalue weighted by Gasteiger charge is 2.30. The number of thiophene rings is 1. The van der Waals surface area contributed by atoms with Crippen LogP contribution in [0.4, 0.5) is 19.0 Å². The summed E-state index contributed by atoms with van der Waals surface area (Å²) in [5.41, 5.74) is 6.70. The van der Waals surface area contributed by atoms with E-state index in [1.807, 2.05) is 0 Å². The fourth-order valence-electron chi connectivity index (χ4n) is 3.07. The molecule has 3 aromatic rings. The van der Waals surface area contributed by atoms with Gasteiger partial charge in [-0.15, -0.1) is 11.3 Å². The molecule has 0 atom stereocenters. The van der Waals surface area contributed by atoms with Gasteiger partial charge in [0.05, 0.1) is 21.7 Å². The molecular weight excluding hydrogens is 381 g/mol. The first kappa shape index (κ1) is 17.5. The van der Waals surface area contributed by atoms with Crippen molar-refractivity contribution < 1.29 is 13.2 Å². The summed E-state index contributed by atoms with van der Waals surface area (Å²) in [6.45, 7) is 0. The summed E-state index contributed by atoms with van der Waals surface area (Å²) in [6.07, 6.45) is 0.901. The van der Waals surface area contributed by atoms with Crippen molar-refractivity contribution in [1.82, 2.24) is 15.0 Å². The van der Waals surface area contributed by atoms with Gasteiger partial charge in [0.2, 0.25) is 0 Å². The first-order valence-corrected chi connectivity index (χ1v) is 9.95. The molecule has 0 fully saturated rings. The number of alkyl halides is 3. The third kappa shape index (κ3) is 3.37. The van der Waals surface area contributed by atoms with Crippen molar-refractivity contribution >= 4 is 39.1 Å². The summed E-state index contributed by atoms with van der Waals surface area (Å²) in [6, 6.07) is 2.39. The lowest BCUT2D eigenvalue weighted by molar-refractivity contribution is -0.137. The van der Waals surface area contributed by atoms with Gasteiger partial charge in [0.15, 0.2) is 0 Å². The normalized spacial score (nSPS) is 14.6. The van der Waals surface area contributed by atoms with Gasteiger partial charge in [0.1, 0.15) is 16.5 Å². The zero-order chi connectivity index (χ0) is 18.3. The maximum Gasteiger partial charge on any atom is 0.417 e. The highest BCUT2D eigenvalue weighted by molar-refractivity contribution is 7.98. The topological polar surface area (TPSA) is 64.7 Å². The fourth-order valence-corrected chi connectivity index (χ4v) is 5.05. The minimum Gasteiger partial charge on any atom is -0.383 e. The van der Waals surface area contributed by atoms with E-state index in [1.165, 1.54) is 34.7 Å². The first-order valence-electron chi connectivity index (χ1n) is 8.14. The van der Waals surface area contributed by atoms with Gasteiger partial charge >= 0.3 is 6.18 Å². The zero-order valence-electron chi connectivity index (χ0n) is 13.6. The number of hydrogen-bond donors (Lipinski definition) is 1. The van der Waals surface area contributed by atoms with Crippen LogP contribution in [-0.2, 0) is 24.8 Å². The second-order valence-electron chi connectivity index (χ2n) is 6.09. The van der Waals surface area contributed by atoms with E-state index in [-0.39, 0.29) is 0 Å². The molecule has 3 aromatic heterocycles. The molecule has 0 unspecified atom stereocenters. The molecule has 0 saturated carbocycles. The molecule has 3 heterocycles. The Labute approximate surface area is 156 Å². The van der Waals surface area contributed by atoms with E-state index in [0.717, 1.165) is 41.7 Å². The molecule has 1 aliphatic rings. The minimum atomic E-state index is -4.38. The number of rotatable bonds is 3. The quantitative estimate of drug-likeness (QED) is 0.641. The predicted molar refractivity (Wildman–Crippen MR) is 97.3 cm³/mol. The molecule has 0 amide bonds. The van der Waals surface area contributed by atoms with E-state index < -0.39 is 11.7 Å². The van der Waals surface area contributed by atoms with Crippen molar-refractivity contribution in [2.45, 2.75) is 42.6 Å². The number of fused-ring (bicyclic) bond motifs is 3.